The maximum Gasteiger partial charge on any atom is 0.164 e. The quantitative estimate of drug-likeness (QED) is 0.228. The molecule has 0 saturated carbocycles. The number of benzene rings is 5. The number of nitriles is 1. The molecule has 0 radical (unpaired) electrons. The third-order valence-corrected chi connectivity index (χ3v) is 6.75. The number of nitrogens with zero attached hydrogens (tertiary/aromatic N) is 4. The van der Waals surface area contributed by atoms with Gasteiger partial charge < -0.3 is 0 Å². The molecule has 5 heteroatoms. The van der Waals surface area contributed by atoms with Crippen LogP contribution < -0.4 is 0 Å². The molecule has 0 amide bonds. The zero-order valence-electron chi connectivity index (χ0n) is 20.8. The number of rotatable bonds is 5. The van der Waals surface area contributed by atoms with Gasteiger partial charge in [0.2, 0.25) is 0 Å². The molecule has 0 aliphatic carbocycles. The Labute approximate surface area is 231 Å². The predicted octanol–water partition coefficient (Wildman–Crippen LogP) is 8.73. The van der Waals surface area contributed by atoms with E-state index < -0.39 is 0 Å². The van der Waals surface area contributed by atoms with Gasteiger partial charge in [-0.15, -0.1) is 0 Å². The van der Waals surface area contributed by atoms with Crippen molar-refractivity contribution in [3.63, 3.8) is 0 Å². The summed E-state index contributed by atoms with van der Waals surface area (Å²) in [5.41, 5.74) is 7.09. The number of halogens is 1. The highest BCUT2D eigenvalue weighted by molar-refractivity contribution is 6.33. The highest BCUT2D eigenvalue weighted by atomic mass is 35.5. The monoisotopic (exact) mass is 520 g/mol. The van der Waals surface area contributed by atoms with E-state index in [-0.39, 0.29) is 0 Å². The summed E-state index contributed by atoms with van der Waals surface area (Å²) < 4.78 is 0. The zero-order chi connectivity index (χ0) is 26.6. The van der Waals surface area contributed by atoms with Gasteiger partial charge in [0.1, 0.15) is 0 Å². The highest BCUT2D eigenvalue weighted by Crippen LogP contribution is 2.33. The molecule has 0 fully saturated rings. The van der Waals surface area contributed by atoms with Crippen LogP contribution in [0.15, 0.2) is 127 Å². The van der Waals surface area contributed by atoms with Gasteiger partial charge in [0, 0.05) is 27.3 Å². The number of hydrogen-bond acceptors (Lipinski definition) is 4. The minimum absolute atomic E-state index is 0.560. The van der Waals surface area contributed by atoms with Crippen molar-refractivity contribution in [3.05, 3.63) is 138 Å². The molecule has 0 bridgehead atoms. The first-order valence-corrected chi connectivity index (χ1v) is 12.8. The van der Waals surface area contributed by atoms with E-state index in [0.717, 1.165) is 38.9 Å². The van der Waals surface area contributed by atoms with Crippen LogP contribution in [0.3, 0.4) is 0 Å². The van der Waals surface area contributed by atoms with Crippen LogP contribution in [0.4, 0.5) is 0 Å². The van der Waals surface area contributed by atoms with Crippen molar-refractivity contribution in [1.82, 2.24) is 15.0 Å². The molecule has 6 rings (SSSR count). The highest BCUT2D eigenvalue weighted by Gasteiger charge is 2.15. The van der Waals surface area contributed by atoms with E-state index in [2.05, 4.69) is 6.07 Å². The van der Waals surface area contributed by atoms with E-state index in [1.807, 2.05) is 121 Å². The van der Waals surface area contributed by atoms with Gasteiger partial charge in [0.15, 0.2) is 17.5 Å². The molecule has 5 aromatic carbocycles. The topological polar surface area (TPSA) is 62.5 Å². The van der Waals surface area contributed by atoms with Crippen LogP contribution in [-0.4, -0.2) is 15.0 Å². The first-order valence-electron chi connectivity index (χ1n) is 12.5. The summed E-state index contributed by atoms with van der Waals surface area (Å²) >= 11 is 6.60. The third-order valence-electron chi connectivity index (χ3n) is 6.42. The maximum absolute atomic E-state index is 9.34. The van der Waals surface area contributed by atoms with Crippen molar-refractivity contribution < 1.29 is 0 Å². The molecular formula is C34H21ClN4. The molecule has 0 saturated heterocycles. The van der Waals surface area contributed by atoms with Gasteiger partial charge in [-0.2, -0.15) is 5.26 Å². The van der Waals surface area contributed by atoms with E-state index in [0.29, 0.717) is 28.1 Å². The van der Waals surface area contributed by atoms with Crippen LogP contribution in [0.2, 0.25) is 5.02 Å². The lowest BCUT2D eigenvalue weighted by Crippen LogP contribution is -2.00. The Morgan fingerprint density at radius 2 is 0.974 bits per heavy atom. The van der Waals surface area contributed by atoms with Gasteiger partial charge in [-0.1, -0.05) is 103 Å². The van der Waals surface area contributed by atoms with Crippen LogP contribution in [-0.2, 0) is 0 Å². The fraction of sp³-hybridized carbons (Fsp3) is 0. The molecule has 0 aliphatic heterocycles. The van der Waals surface area contributed by atoms with Gasteiger partial charge in [-0.3, -0.25) is 0 Å². The Balaban J connectivity index is 1.50. The van der Waals surface area contributed by atoms with Crippen molar-refractivity contribution in [1.29, 1.82) is 5.26 Å². The minimum atomic E-state index is 0.560. The fourth-order valence-corrected chi connectivity index (χ4v) is 4.69. The van der Waals surface area contributed by atoms with Gasteiger partial charge in [0.25, 0.3) is 0 Å². The van der Waals surface area contributed by atoms with Crippen LogP contribution in [0.25, 0.3) is 56.4 Å². The number of aromatic nitrogens is 3. The van der Waals surface area contributed by atoms with E-state index in [9.17, 15) is 5.26 Å². The third kappa shape index (κ3) is 5.17. The SMILES string of the molecule is N#Cc1cccc(-c2cccc(-c3nc(-c4ccccc4)nc(-c4ccc(Cl)c(-c5ccccc5)c4)n3)c2)c1. The van der Waals surface area contributed by atoms with E-state index in [4.69, 9.17) is 26.6 Å². The molecule has 39 heavy (non-hydrogen) atoms. The average molecular weight is 521 g/mol. The van der Waals surface area contributed by atoms with Gasteiger partial charge in [-0.05, 0) is 53.1 Å². The summed E-state index contributed by atoms with van der Waals surface area (Å²) in [6, 6.07) is 43.6. The molecule has 0 aliphatic rings. The maximum atomic E-state index is 9.34. The number of hydrogen-bond donors (Lipinski definition) is 0. The molecule has 1 aromatic heterocycles. The second-order valence-electron chi connectivity index (χ2n) is 9.01. The summed E-state index contributed by atoms with van der Waals surface area (Å²) in [7, 11) is 0. The van der Waals surface area contributed by atoms with Crippen LogP contribution in [0.5, 0.6) is 0 Å². The lowest BCUT2D eigenvalue weighted by Gasteiger charge is -2.11. The molecule has 1 heterocycles. The van der Waals surface area contributed by atoms with Crippen molar-refractivity contribution in [2.75, 3.05) is 0 Å². The lowest BCUT2D eigenvalue weighted by molar-refractivity contribution is 1.07. The fourth-order valence-electron chi connectivity index (χ4n) is 4.46. The first-order chi connectivity index (χ1) is 19.2. The summed E-state index contributed by atoms with van der Waals surface area (Å²) in [5, 5.41) is 10.0. The molecule has 0 unspecified atom stereocenters. The smallest absolute Gasteiger partial charge is 0.164 e. The average Bonchev–Trinajstić information content (AvgIpc) is 3.02. The molecule has 0 atom stereocenters. The summed E-state index contributed by atoms with van der Waals surface area (Å²) in [6.07, 6.45) is 0. The van der Waals surface area contributed by atoms with Gasteiger partial charge in [-0.25, -0.2) is 15.0 Å². The Morgan fingerprint density at radius 1 is 0.462 bits per heavy atom. The summed E-state index contributed by atoms with van der Waals surface area (Å²) in [6.45, 7) is 0. The molecule has 184 valence electrons. The molecule has 0 N–H and O–H groups in total. The zero-order valence-corrected chi connectivity index (χ0v) is 21.5. The largest absolute Gasteiger partial charge is 0.208 e. The second kappa shape index (κ2) is 10.7. The lowest BCUT2D eigenvalue weighted by atomic mass is 10.0. The van der Waals surface area contributed by atoms with Crippen LogP contribution in [0.1, 0.15) is 5.56 Å². The van der Waals surface area contributed by atoms with Crippen molar-refractivity contribution in [2.24, 2.45) is 0 Å². The first kappa shape index (κ1) is 24.2. The minimum Gasteiger partial charge on any atom is -0.208 e. The van der Waals surface area contributed by atoms with Crippen molar-refractivity contribution in [2.45, 2.75) is 0 Å². The Bertz CT molecular complexity index is 1830. The second-order valence-corrected chi connectivity index (χ2v) is 9.41. The van der Waals surface area contributed by atoms with Crippen molar-refractivity contribution >= 4 is 11.6 Å². The Hall–Kier alpha value is -5.11. The van der Waals surface area contributed by atoms with Gasteiger partial charge in [0.05, 0.1) is 11.6 Å². The molecule has 4 nitrogen and oxygen atoms in total. The summed E-state index contributed by atoms with van der Waals surface area (Å²) in [4.78, 5) is 14.6. The Kier molecular flexibility index (Phi) is 6.66. The van der Waals surface area contributed by atoms with Gasteiger partial charge >= 0.3 is 0 Å². The molecular weight excluding hydrogens is 500 g/mol. The summed E-state index contributed by atoms with van der Waals surface area (Å²) in [5.74, 6) is 1.71. The predicted molar refractivity (Wildman–Crippen MR) is 157 cm³/mol. The molecule has 6 aromatic rings. The van der Waals surface area contributed by atoms with Crippen LogP contribution in [0, 0.1) is 11.3 Å². The normalized spacial score (nSPS) is 10.7. The van der Waals surface area contributed by atoms with E-state index >= 15 is 0 Å². The standard InChI is InChI=1S/C34H21ClN4/c35-31-18-17-29(21-30(31)24-10-3-1-4-11-24)34-38-32(25-12-5-2-6-13-25)37-33(39-34)28-16-8-15-27(20-28)26-14-7-9-23(19-26)22-36/h1-21H. The van der Waals surface area contributed by atoms with Crippen LogP contribution >= 0.6 is 11.6 Å². The van der Waals surface area contributed by atoms with E-state index in [1.165, 1.54) is 0 Å². The van der Waals surface area contributed by atoms with E-state index in [1.54, 1.807) is 6.07 Å². The Morgan fingerprint density at radius 3 is 1.64 bits per heavy atom. The molecule has 0 spiro atoms. The van der Waals surface area contributed by atoms with Crippen molar-refractivity contribution in [3.8, 4) is 62.5 Å².